The molecule has 0 atom stereocenters. The van der Waals surface area contributed by atoms with E-state index in [2.05, 4.69) is 20.7 Å². The second kappa shape index (κ2) is 6.24. The number of ether oxygens (including phenoxy) is 1. The molecule has 0 amide bonds. The zero-order chi connectivity index (χ0) is 13.7. The van der Waals surface area contributed by atoms with Crippen LogP contribution in [0.4, 0.5) is 4.39 Å². The Morgan fingerprint density at radius 2 is 2.21 bits per heavy atom. The summed E-state index contributed by atoms with van der Waals surface area (Å²) in [5.74, 6) is 0.595. The zero-order valence-corrected chi connectivity index (χ0v) is 10.9. The maximum Gasteiger partial charge on any atom is 0.212 e. The summed E-state index contributed by atoms with van der Waals surface area (Å²) in [6.45, 7) is 3.60. The largest absolute Gasteiger partial charge is 0.485 e. The maximum atomic E-state index is 13.4. The van der Waals surface area contributed by atoms with E-state index in [1.54, 1.807) is 13.1 Å². The number of rotatable bonds is 6. The molecule has 1 N–H and O–H groups in total. The van der Waals surface area contributed by atoms with Crippen LogP contribution in [-0.4, -0.2) is 26.8 Å². The Balaban J connectivity index is 2.01. The zero-order valence-electron chi connectivity index (χ0n) is 10.9. The van der Waals surface area contributed by atoms with Crippen molar-refractivity contribution >= 4 is 0 Å². The molecule has 19 heavy (non-hydrogen) atoms. The molecule has 7 heteroatoms. The molecular weight excluding hydrogens is 249 g/mol. The van der Waals surface area contributed by atoms with Crippen molar-refractivity contribution in [1.82, 2.24) is 25.5 Å². The van der Waals surface area contributed by atoms with Crippen LogP contribution < -0.4 is 10.1 Å². The van der Waals surface area contributed by atoms with Gasteiger partial charge in [0, 0.05) is 12.6 Å². The normalized spacial score (nSPS) is 10.7. The third-order valence-electron chi connectivity index (χ3n) is 2.43. The molecule has 102 valence electrons. The summed E-state index contributed by atoms with van der Waals surface area (Å²) < 4.78 is 18.9. The van der Waals surface area contributed by atoms with Crippen LogP contribution in [-0.2, 0) is 20.2 Å². The van der Waals surface area contributed by atoms with Crippen LogP contribution in [0.5, 0.6) is 5.75 Å². The predicted octanol–water partition coefficient (Wildman–Crippen LogP) is 1.04. The van der Waals surface area contributed by atoms with Crippen LogP contribution in [0.15, 0.2) is 18.2 Å². The average Bonchev–Trinajstić information content (AvgIpc) is 2.79. The number of benzene rings is 1. The first-order valence-corrected chi connectivity index (χ1v) is 6.03. The number of nitrogens with one attached hydrogen (secondary N) is 1. The van der Waals surface area contributed by atoms with Gasteiger partial charge < -0.3 is 10.1 Å². The number of aromatic nitrogens is 4. The van der Waals surface area contributed by atoms with Crippen LogP contribution in [0.1, 0.15) is 18.3 Å². The van der Waals surface area contributed by atoms with Crippen LogP contribution in [0.2, 0.25) is 0 Å². The van der Waals surface area contributed by atoms with Crippen LogP contribution in [0, 0.1) is 5.82 Å². The topological polar surface area (TPSA) is 64.9 Å². The van der Waals surface area contributed by atoms with Gasteiger partial charge in [-0.15, -0.1) is 10.2 Å². The number of hydrogen-bond acceptors (Lipinski definition) is 5. The Hall–Kier alpha value is -2.02. The first kappa shape index (κ1) is 13.4. The minimum absolute atomic E-state index is 0.165. The Morgan fingerprint density at radius 3 is 2.89 bits per heavy atom. The van der Waals surface area contributed by atoms with Gasteiger partial charge in [-0.3, -0.25) is 0 Å². The quantitative estimate of drug-likeness (QED) is 0.845. The predicted molar refractivity (Wildman–Crippen MR) is 66.9 cm³/mol. The monoisotopic (exact) mass is 265 g/mol. The molecule has 1 aromatic heterocycles. The highest BCUT2D eigenvalue weighted by atomic mass is 19.1. The van der Waals surface area contributed by atoms with Gasteiger partial charge in [0.25, 0.3) is 0 Å². The van der Waals surface area contributed by atoms with E-state index in [1.807, 2.05) is 6.92 Å². The maximum absolute atomic E-state index is 13.4. The number of hydrogen-bond donors (Lipinski definition) is 1. The summed E-state index contributed by atoms with van der Waals surface area (Å²) in [7, 11) is 1.67. The number of tetrazole rings is 1. The molecule has 2 rings (SSSR count). The summed E-state index contributed by atoms with van der Waals surface area (Å²) in [5, 5.41) is 14.6. The summed E-state index contributed by atoms with van der Waals surface area (Å²) in [5.41, 5.74) is 0.837. The first-order chi connectivity index (χ1) is 9.17. The summed E-state index contributed by atoms with van der Waals surface area (Å²) in [4.78, 5) is 1.35. The highest BCUT2D eigenvalue weighted by molar-refractivity contribution is 5.29. The highest BCUT2D eigenvalue weighted by Gasteiger charge is 2.05. The fourth-order valence-electron chi connectivity index (χ4n) is 1.60. The van der Waals surface area contributed by atoms with E-state index in [1.165, 1.54) is 16.9 Å². The van der Waals surface area contributed by atoms with Crippen LogP contribution in [0.3, 0.4) is 0 Å². The molecule has 0 bridgehead atoms. The molecule has 0 saturated heterocycles. The molecule has 0 fully saturated rings. The van der Waals surface area contributed by atoms with Crippen molar-refractivity contribution in [2.75, 3.05) is 6.54 Å². The molecule has 0 spiro atoms. The second-order valence-corrected chi connectivity index (χ2v) is 4.06. The molecule has 0 aliphatic carbocycles. The van der Waals surface area contributed by atoms with Gasteiger partial charge in [0.2, 0.25) is 5.82 Å². The first-order valence-electron chi connectivity index (χ1n) is 6.03. The smallest absolute Gasteiger partial charge is 0.212 e. The highest BCUT2D eigenvalue weighted by Crippen LogP contribution is 2.17. The summed E-state index contributed by atoms with van der Waals surface area (Å²) in [6, 6.07) is 4.62. The third-order valence-corrected chi connectivity index (χ3v) is 2.43. The molecule has 1 aromatic carbocycles. The molecule has 0 saturated carbocycles. The second-order valence-electron chi connectivity index (χ2n) is 4.06. The van der Waals surface area contributed by atoms with Crippen molar-refractivity contribution in [3.8, 4) is 5.75 Å². The van der Waals surface area contributed by atoms with E-state index in [9.17, 15) is 4.39 Å². The van der Waals surface area contributed by atoms with Gasteiger partial charge in [-0.25, -0.2) is 4.39 Å². The van der Waals surface area contributed by atoms with Gasteiger partial charge in [-0.05, 0) is 29.5 Å². The van der Waals surface area contributed by atoms with E-state index < -0.39 is 0 Å². The third kappa shape index (κ3) is 3.99. The lowest BCUT2D eigenvalue weighted by Gasteiger charge is -2.07. The number of aryl methyl sites for hydroxylation is 1. The van der Waals surface area contributed by atoms with Gasteiger partial charge in [0.1, 0.15) is 11.6 Å². The fraction of sp³-hybridized carbons (Fsp3) is 0.417. The van der Waals surface area contributed by atoms with Crippen molar-refractivity contribution in [2.24, 2.45) is 7.05 Å². The molecular formula is C12H16FN5O. The molecule has 0 radical (unpaired) electrons. The van der Waals surface area contributed by atoms with Crippen LogP contribution >= 0.6 is 0 Å². The van der Waals surface area contributed by atoms with Gasteiger partial charge in [-0.2, -0.15) is 4.80 Å². The SMILES string of the molecule is CCNCc1cc(F)cc(OCc2nnn(C)n2)c1. The molecule has 6 nitrogen and oxygen atoms in total. The van der Waals surface area contributed by atoms with Gasteiger partial charge in [0.05, 0.1) is 7.05 Å². The standard InChI is InChI=1S/C12H16FN5O/c1-3-14-7-9-4-10(13)6-11(5-9)19-8-12-15-17-18(2)16-12/h4-6,14H,3,7-8H2,1-2H3. The van der Waals surface area contributed by atoms with Crippen molar-refractivity contribution in [2.45, 2.75) is 20.1 Å². The molecule has 0 unspecified atom stereocenters. The molecule has 2 aromatic rings. The van der Waals surface area contributed by atoms with Gasteiger partial charge in [0.15, 0.2) is 6.61 Å². The van der Waals surface area contributed by atoms with E-state index in [4.69, 9.17) is 4.74 Å². The fourth-order valence-corrected chi connectivity index (χ4v) is 1.60. The van der Waals surface area contributed by atoms with Crippen molar-refractivity contribution in [3.63, 3.8) is 0 Å². The molecule has 0 aliphatic rings. The molecule has 0 aliphatic heterocycles. The lowest BCUT2D eigenvalue weighted by atomic mass is 10.2. The van der Waals surface area contributed by atoms with Crippen molar-refractivity contribution in [3.05, 3.63) is 35.4 Å². The number of halogens is 1. The van der Waals surface area contributed by atoms with E-state index in [-0.39, 0.29) is 12.4 Å². The average molecular weight is 265 g/mol. The Labute approximate surface area is 110 Å². The lowest BCUT2D eigenvalue weighted by molar-refractivity contribution is 0.293. The van der Waals surface area contributed by atoms with Crippen molar-refractivity contribution in [1.29, 1.82) is 0 Å². The lowest BCUT2D eigenvalue weighted by Crippen LogP contribution is -2.12. The van der Waals surface area contributed by atoms with E-state index >= 15 is 0 Å². The van der Waals surface area contributed by atoms with Gasteiger partial charge >= 0.3 is 0 Å². The number of nitrogens with zero attached hydrogens (tertiary/aromatic N) is 4. The van der Waals surface area contributed by atoms with Gasteiger partial charge in [-0.1, -0.05) is 6.92 Å². The Morgan fingerprint density at radius 1 is 1.37 bits per heavy atom. The Bertz CT molecular complexity index is 543. The molecule has 1 heterocycles. The minimum atomic E-state index is -0.322. The van der Waals surface area contributed by atoms with Crippen molar-refractivity contribution < 1.29 is 9.13 Å². The minimum Gasteiger partial charge on any atom is -0.485 e. The van der Waals surface area contributed by atoms with Crippen LogP contribution in [0.25, 0.3) is 0 Å². The van der Waals surface area contributed by atoms with E-state index in [0.29, 0.717) is 18.1 Å². The summed E-state index contributed by atoms with van der Waals surface area (Å²) in [6.07, 6.45) is 0. The van der Waals surface area contributed by atoms with E-state index in [0.717, 1.165) is 12.1 Å². The Kier molecular flexibility index (Phi) is 4.40. The summed E-state index contributed by atoms with van der Waals surface area (Å²) >= 11 is 0.